The maximum atomic E-state index is 12.5. The van der Waals surface area contributed by atoms with E-state index in [2.05, 4.69) is 4.72 Å². The number of nitrogens with one attached hydrogen (secondary N) is 1. The number of hydrogen-bond donors (Lipinski definition) is 1. The van der Waals surface area contributed by atoms with Gasteiger partial charge in [0.2, 0.25) is 10.0 Å². The smallest absolute Gasteiger partial charge is 0.208 e. The zero-order valence-electron chi connectivity index (χ0n) is 11.5. The number of halogens is 2. The predicted molar refractivity (Wildman–Crippen MR) is 83.0 cm³/mol. The third-order valence-corrected chi connectivity index (χ3v) is 6.07. The van der Waals surface area contributed by atoms with E-state index in [0.29, 0.717) is 10.6 Å². The highest BCUT2D eigenvalue weighted by atomic mass is 35.5. The molecule has 1 N–H and O–H groups in total. The molecule has 1 fully saturated rings. The Labute approximate surface area is 130 Å². The van der Waals surface area contributed by atoms with E-state index in [1.165, 1.54) is 18.9 Å². The molecule has 0 atom stereocenters. The summed E-state index contributed by atoms with van der Waals surface area (Å²) in [5.74, 6) is 0. The summed E-state index contributed by atoms with van der Waals surface area (Å²) in [4.78, 5) is 0.219. The molecule has 1 aromatic carbocycles. The fourth-order valence-corrected chi connectivity index (χ4v) is 4.60. The second-order valence-corrected chi connectivity index (χ2v) is 7.84. The molecule has 0 spiro atoms. The van der Waals surface area contributed by atoms with Gasteiger partial charge in [-0.1, -0.05) is 48.9 Å². The summed E-state index contributed by atoms with van der Waals surface area (Å²) >= 11 is 11.8. The lowest BCUT2D eigenvalue weighted by molar-refractivity contribution is 0.509. The van der Waals surface area contributed by atoms with Crippen molar-refractivity contribution in [2.45, 2.75) is 56.4 Å². The van der Waals surface area contributed by atoms with Gasteiger partial charge >= 0.3 is 0 Å². The quantitative estimate of drug-likeness (QED) is 0.837. The van der Waals surface area contributed by atoms with Crippen molar-refractivity contribution in [3.05, 3.63) is 27.7 Å². The van der Waals surface area contributed by atoms with Gasteiger partial charge in [-0.15, -0.1) is 0 Å². The highest BCUT2D eigenvalue weighted by molar-refractivity contribution is 7.89. The van der Waals surface area contributed by atoms with E-state index in [4.69, 9.17) is 23.2 Å². The topological polar surface area (TPSA) is 46.2 Å². The van der Waals surface area contributed by atoms with Crippen molar-refractivity contribution >= 4 is 33.2 Å². The molecular weight excluding hydrogens is 317 g/mol. The Hall–Kier alpha value is -0.290. The minimum Gasteiger partial charge on any atom is -0.208 e. The molecule has 0 amide bonds. The molecule has 3 nitrogen and oxygen atoms in total. The summed E-state index contributed by atoms with van der Waals surface area (Å²) in [5, 5.41) is 0.635. The predicted octanol–water partition coefficient (Wildman–Crippen LogP) is 4.30. The average Bonchev–Trinajstić information content (AvgIpc) is 2.61. The van der Waals surface area contributed by atoms with E-state index in [9.17, 15) is 8.42 Å². The van der Waals surface area contributed by atoms with Gasteiger partial charge < -0.3 is 0 Å². The Morgan fingerprint density at radius 2 is 1.60 bits per heavy atom. The van der Waals surface area contributed by atoms with Crippen LogP contribution in [0.2, 0.25) is 10.0 Å². The van der Waals surface area contributed by atoms with Crippen molar-refractivity contribution in [1.29, 1.82) is 0 Å². The molecule has 20 heavy (non-hydrogen) atoms. The molecule has 0 unspecified atom stereocenters. The van der Waals surface area contributed by atoms with E-state index in [-0.39, 0.29) is 16.0 Å². The lowest BCUT2D eigenvalue weighted by atomic mass is 10.1. The fourth-order valence-electron chi connectivity index (χ4n) is 2.60. The van der Waals surface area contributed by atoms with Gasteiger partial charge in [-0.25, -0.2) is 13.1 Å². The van der Waals surface area contributed by atoms with Crippen molar-refractivity contribution in [1.82, 2.24) is 4.72 Å². The Morgan fingerprint density at radius 1 is 1.05 bits per heavy atom. The van der Waals surface area contributed by atoms with Gasteiger partial charge in [0, 0.05) is 6.04 Å². The lowest BCUT2D eigenvalue weighted by Crippen LogP contribution is -2.34. The van der Waals surface area contributed by atoms with Crippen LogP contribution < -0.4 is 4.72 Å². The highest BCUT2D eigenvalue weighted by Gasteiger charge is 2.23. The number of rotatable bonds is 3. The Balaban J connectivity index is 2.23. The van der Waals surface area contributed by atoms with Gasteiger partial charge in [0.25, 0.3) is 0 Å². The second-order valence-electron chi connectivity index (χ2n) is 5.34. The average molecular weight is 336 g/mol. The van der Waals surface area contributed by atoms with E-state index in [0.717, 1.165) is 25.7 Å². The molecule has 1 aliphatic rings. The van der Waals surface area contributed by atoms with Crippen molar-refractivity contribution in [2.24, 2.45) is 0 Å². The van der Waals surface area contributed by atoms with Crippen LogP contribution in [-0.4, -0.2) is 14.5 Å². The second kappa shape index (κ2) is 6.65. The minimum absolute atomic E-state index is 0.0244. The Morgan fingerprint density at radius 3 is 2.20 bits per heavy atom. The van der Waals surface area contributed by atoms with Crippen LogP contribution in [0.1, 0.15) is 44.1 Å². The van der Waals surface area contributed by atoms with Gasteiger partial charge in [-0.3, -0.25) is 0 Å². The molecule has 0 radical (unpaired) electrons. The Kier molecular flexibility index (Phi) is 5.35. The summed E-state index contributed by atoms with van der Waals surface area (Å²) < 4.78 is 27.8. The van der Waals surface area contributed by atoms with Crippen molar-refractivity contribution in [2.75, 3.05) is 0 Å². The van der Waals surface area contributed by atoms with Gasteiger partial charge in [-0.2, -0.15) is 0 Å². The molecule has 6 heteroatoms. The van der Waals surface area contributed by atoms with Crippen LogP contribution in [0, 0.1) is 6.92 Å². The first-order valence-corrected chi connectivity index (χ1v) is 9.12. The molecule has 2 rings (SSSR count). The van der Waals surface area contributed by atoms with Crippen molar-refractivity contribution < 1.29 is 8.42 Å². The molecule has 1 aromatic rings. The van der Waals surface area contributed by atoms with E-state index in [1.807, 2.05) is 0 Å². The summed E-state index contributed by atoms with van der Waals surface area (Å²) in [6.45, 7) is 1.73. The molecule has 0 bridgehead atoms. The minimum atomic E-state index is -3.54. The molecular formula is C14H19Cl2NO2S. The van der Waals surface area contributed by atoms with Crippen LogP contribution in [0.4, 0.5) is 0 Å². The van der Waals surface area contributed by atoms with Crippen LogP contribution in [-0.2, 0) is 10.0 Å². The molecule has 1 aliphatic carbocycles. The summed E-state index contributed by atoms with van der Waals surface area (Å²) in [6.07, 6.45) is 6.33. The Bertz CT molecular complexity index is 579. The largest absolute Gasteiger partial charge is 0.241 e. The first-order valence-electron chi connectivity index (χ1n) is 6.88. The summed E-state index contributed by atoms with van der Waals surface area (Å²) in [5.41, 5.74) is 0.612. The first kappa shape index (κ1) is 16.1. The number of sulfonamides is 1. The van der Waals surface area contributed by atoms with Crippen LogP contribution in [0.25, 0.3) is 0 Å². The maximum Gasteiger partial charge on any atom is 0.241 e. The zero-order chi connectivity index (χ0) is 14.8. The monoisotopic (exact) mass is 335 g/mol. The molecule has 1 saturated carbocycles. The number of hydrogen-bond acceptors (Lipinski definition) is 2. The van der Waals surface area contributed by atoms with Gasteiger partial charge in [0.15, 0.2) is 0 Å². The maximum absolute atomic E-state index is 12.5. The normalized spacial score (nSPS) is 17.9. The third-order valence-electron chi connectivity index (χ3n) is 3.68. The molecule has 0 aliphatic heterocycles. The SMILES string of the molecule is Cc1cc(Cl)c(Cl)cc1S(=O)(=O)NC1CCCCCC1. The van der Waals surface area contributed by atoms with Crippen molar-refractivity contribution in [3.63, 3.8) is 0 Å². The van der Waals surface area contributed by atoms with Crippen LogP contribution >= 0.6 is 23.2 Å². The highest BCUT2D eigenvalue weighted by Crippen LogP contribution is 2.29. The number of aryl methyl sites for hydroxylation is 1. The lowest BCUT2D eigenvalue weighted by Gasteiger charge is -2.17. The van der Waals surface area contributed by atoms with Crippen molar-refractivity contribution in [3.8, 4) is 0 Å². The van der Waals surface area contributed by atoms with Gasteiger partial charge in [-0.05, 0) is 37.5 Å². The summed E-state index contributed by atoms with van der Waals surface area (Å²) in [6, 6.07) is 3.04. The van der Waals surface area contributed by atoms with E-state index < -0.39 is 10.0 Å². The van der Waals surface area contributed by atoms with Gasteiger partial charge in [0.05, 0.1) is 14.9 Å². The van der Waals surface area contributed by atoms with Crippen LogP contribution in [0.3, 0.4) is 0 Å². The third kappa shape index (κ3) is 3.88. The van der Waals surface area contributed by atoms with Crippen LogP contribution in [0.15, 0.2) is 17.0 Å². The standard InChI is InChI=1S/C14H19Cl2NO2S/c1-10-8-12(15)13(16)9-14(10)20(18,19)17-11-6-4-2-3-5-7-11/h8-9,11,17H,2-7H2,1H3. The van der Waals surface area contributed by atoms with E-state index >= 15 is 0 Å². The molecule has 0 heterocycles. The van der Waals surface area contributed by atoms with Crippen LogP contribution in [0.5, 0.6) is 0 Å². The number of benzene rings is 1. The first-order chi connectivity index (χ1) is 9.40. The van der Waals surface area contributed by atoms with Gasteiger partial charge in [0.1, 0.15) is 0 Å². The summed E-state index contributed by atoms with van der Waals surface area (Å²) in [7, 11) is -3.54. The zero-order valence-corrected chi connectivity index (χ0v) is 13.8. The van der Waals surface area contributed by atoms with E-state index in [1.54, 1.807) is 13.0 Å². The molecule has 0 saturated heterocycles. The molecule has 0 aromatic heterocycles. The fraction of sp³-hybridized carbons (Fsp3) is 0.571. The molecule has 112 valence electrons.